The van der Waals surface area contributed by atoms with Gasteiger partial charge in [-0.2, -0.15) is 0 Å². The van der Waals surface area contributed by atoms with Gasteiger partial charge in [0.2, 0.25) is 12.0 Å². The number of rotatable bonds is 9. The van der Waals surface area contributed by atoms with Crippen LogP contribution in [-0.2, 0) is 9.53 Å². The lowest BCUT2D eigenvalue weighted by molar-refractivity contribution is -0.117. The third kappa shape index (κ3) is 6.04. The van der Waals surface area contributed by atoms with Gasteiger partial charge in [0.25, 0.3) is 11.8 Å². The van der Waals surface area contributed by atoms with Crippen molar-refractivity contribution in [3.05, 3.63) is 81.2 Å². The largest absolute Gasteiger partial charge is 0.496 e. The molecule has 1 aliphatic heterocycles. The van der Waals surface area contributed by atoms with Gasteiger partial charge >= 0.3 is 0 Å². The molecule has 198 valence electrons. The normalized spacial score (nSPS) is 14.6. The van der Waals surface area contributed by atoms with Crippen LogP contribution in [0, 0.1) is 5.82 Å². The molecule has 1 aliphatic rings. The summed E-state index contributed by atoms with van der Waals surface area (Å²) in [4.78, 5) is 34.8. The van der Waals surface area contributed by atoms with E-state index < -0.39 is 23.8 Å². The van der Waals surface area contributed by atoms with Gasteiger partial charge in [-0.05, 0) is 31.2 Å². The molecule has 0 spiro atoms. The van der Waals surface area contributed by atoms with E-state index in [1.54, 1.807) is 30.3 Å². The maximum absolute atomic E-state index is 14.0. The number of pyridine rings is 1. The van der Waals surface area contributed by atoms with E-state index in [4.69, 9.17) is 37.4 Å². The maximum atomic E-state index is 14.0. The highest BCUT2D eigenvalue weighted by Crippen LogP contribution is 2.35. The van der Waals surface area contributed by atoms with E-state index in [0.717, 1.165) is 12.3 Å². The predicted molar refractivity (Wildman–Crippen MR) is 141 cm³/mol. The number of benzene rings is 2. The summed E-state index contributed by atoms with van der Waals surface area (Å²) < 4.78 is 30.2. The van der Waals surface area contributed by atoms with Crippen molar-refractivity contribution in [3.63, 3.8) is 0 Å². The van der Waals surface area contributed by atoms with E-state index >= 15 is 0 Å². The topological polar surface area (TPSA) is 111 Å². The fourth-order valence-electron chi connectivity index (χ4n) is 3.74. The van der Waals surface area contributed by atoms with Crippen molar-refractivity contribution in [3.8, 4) is 11.6 Å². The van der Waals surface area contributed by atoms with Crippen LogP contribution in [0.25, 0.3) is 0 Å². The molecule has 3 aromatic rings. The molecule has 0 saturated carbocycles. The summed E-state index contributed by atoms with van der Waals surface area (Å²) in [6.45, 7) is 2.64. The van der Waals surface area contributed by atoms with Gasteiger partial charge < -0.3 is 24.8 Å². The number of nitrogens with zero attached hydrogens (tertiary/aromatic N) is 2. The van der Waals surface area contributed by atoms with Crippen LogP contribution in [0.3, 0.4) is 0 Å². The lowest BCUT2D eigenvalue weighted by atomic mass is 9.99. The Kier molecular flexibility index (Phi) is 8.77. The van der Waals surface area contributed by atoms with Gasteiger partial charge in [-0.25, -0.2) is 14.4 Å². The minimum Gasteiger partial charge on any atom is -0.496 e. The zero-order valence-corrected chi connectivity index (χ0v) is 21.9. The van der Waals surface area contributed by atoms with Crippen molar-refractivity contribution in [2.24, 2.45) is 4.99 Å². The smallest absolute Gasteiger partial charge is 0.269 e. The molecule has 1 atom stereocenters. The minimum atomic E-state index is -1.43. The summed E-state index contributed by atoms with van der Waals surface area (Å²) in [6, 6.07) is 11.0. The van der Waals surface area contributed by atoms with E-state index in [0.29, 0.717) is 34.2 Å². The van der Waals surface area contributed by atoms with Gasteiger partial charge in [0.05, 0.1) is 41.9 Å². The molecule has 12 heteroatoms. The second-order valence-corrected chi connectivity index (χ2v) is 8.75. The number of hydrogen-bond donors (Lipinski definition) is 2. The Bertz CT molecular complexity index is 1400. The Labute approximate surface area is 227 Å². The molecule has 0 radical (unpaired) electrons. The highest BCUT2D eigenvalue weighted by molar-refractivity contribution is 6.39. The first-order valence-electron chi connectivity index (χ1n) is 11.5. The predicted octanol–water partition coefficient (Wildman–Crippen LogP) is 4.50. The third-order valence-corrected chi connectivity index (χ3v) is 5.94. The zero-order chi connectivity index (χ0) is 27.2. The fraction of sp³-hybridized carbons (Fsp3) is 0.231. The number of methoxy groups -OCH3 is 1. The quantitative estimate of drug-likeness (QED) is 0.373. The van der Waals surface area contributed by atoms with Crippen LogP contribution in [0.4, 0.5) is 10.1 Å². The number of fused-ring (bicyclic) bond motifs is 1. The Hall–Kier alpha value is -3.73. The molecule has 9 nitrogen and oxygen atoms in total. The number of anilines is 1. The molecule has 2 amide bonds. The lowest BCUT2D eigenvalue weighted by Gasteiger charge is -2.16. The van der Waals surface area contributed by atoms with Crippen molar-refractivity contribution < 1.29 is 28.2 Å². The number of benzodiazepines with no additional fused rings is 1. The van der Waals surface area contributed by atoms with Crippen LogP contribution in [-0.4, -0.2) is 55.6 Å². The first-order valence-corrected chi connectivity index (χ1v) is 12.3. The van der Waals surface area contributed by atoms with E-state index in [1.807, 2.05) is 6.92 Å². The standard InChI is InChI=1S/C26H23Cl2FN4O5/c1-3-37-8-9-38-26-17(12-15(29)13-30-26)24(34)33-23-25(35)31-19-7-5-4-6-16(19)22(32-23)21-18(28)10-14(27)11-20(21)36-2/h4-7,10-13,23H,3,8-9H2,1-2H3,(H,31,35)(H,33,34). The monoisotopic (exact) mass is 560 g/mol. The number of carbonyl (C=O) groups is 2. The van der Waals surface area contributed by atoms with Crippen LogP contribution in [0.15, 0.2) is 53.7 Å². The maximum Gasteiger partial charge on any atom is 0.269 e. The molecule has 2 aromatic carbocycles. The first-order chi connectivity index (χ1) is 18.3. The number of para-hydroxylation sites is 1. The molecule has 2 heterocycles. The molecule has 0 saturated heterocycles. The molecule has 2 N–H and O–H groups in total. The van der Waals surface area contributed by atoms with Crippen LogP contribution in [0.5, 0.6) is 11.6 Å². The van der Waals surface area contributed by atoms with Crippen LogP contribution in [0.1, 0.15) is 28.4 Å². The Morgan fingerprint density at radius 3 is 2.74 bits per heavy atom. The molecular formula is C26H23Cl2FN4O5. The third-order valence-electron chi connectivity index (χ3n) is 5.42. The van der Waals surface area contributed by atoms with Gasteiger partial charge in [0.1, 0.15) is 23.7 Å². The van der Waals surface area contributed by atoms with Crippen LogP contribution in [0.2, 0.25) is 10.0 Å². The Morgan fingerprint density at radius 1 is 1.18 bits per heavy atom. The summed E-state index contributed by atoms with van der Waals surface area (Å²) in [5.41, 5.74) is 1.40. The summed E-state index contributed by atoms with van der Waals surface area (Å²) in [5, 5.41) is 5.85. The molecule has 38 heavy (non-hydrogen) atoms. The molecule has 0 bridgehead atoms. The lowest BCUT2D eigenvalue weighted by Crippen LogP contribution is -2.42. The SMILES string of the molecule is CCOCCOc1ncc(F)cc1C(=O)NC1N=C(c2c(Cl)cc(Cl)cc2OC)c2ccccc2NC1=O. The molecule has 1 unspecified atom stereocenters. The summed E-state index contributed by atoms with van der Waals surface area (Å²) in [5.74, 6) is -2.02. The highest BCUT2D eigenvalue weighted by Gasteiger charge is 2.30. The van der Waals surface area contributed by atoms with E-state index in [-0.39, 0.29) is 35.4 Å². The summed E-state index contributed by atoms with van der Waals surface area (Å²) in [6.07, 6.45) is -0.506. The van der Waals surface area contributed by atoms with Crippen molar-refractivity contribution in [2.75, 3.05) is 32.2 Å². The van der Waals surface area contributed by atoms with Gasteiger partial charge in [0, 0.05) is 17.2 Å². The van der Waals surface area contributed by atoms with Gasteiger partial charge in [-0.15, -0.1) is 0 Å². The number of ether oxygens (including phenoxy) is 3. The number of amides is 2. The molecule has 4 rings (SSSR count). The second kappa shape index (κ2) is 12.2. The number of halogens is 3. The van der Waals surface area contributed by atoms with Gasteiger partial charge in [-0.1, -0.05) is 41.4 Å². The van der Waals surface area contributed by atoms with Crippen molar-refractivity contribution in [1.29, 1.82) is 0 Å². The number of aliphatic imine (C=N–C) groups is 1. The number of nitrogens with one attached hydrogen (secondary N) is 2. The minimum absolute atomic E-state index is 0.0864. The average Bonchev–Trinajstić information content (AvgIpc) is 3.02. The van der Waals surface area contributed by atoms with Gasteiger partial charge in [0.15, 0.2) is 0 Å². The first kappa shape index (κ1) is 27.3. The van der Waals surface area contributed by atoms with E-state index in [9.17, 15) is 14.0 Å². The second-order valence-electron chi connectivity index (χ2n) is 7.91. The van der Waals surface area contributed by atoms with Crippen molar-refractivity contribution in [1.82, 2.24) is 10.3 Å². The number of carbonyl (C=O) groups excluding carboxylic acids is 2. The van der Waals surface area contributed by atoms with Crippen LogP contribution >= 0.6 is 23.2 Å². The van der Waals surface area contributed by atoms with Crippen molar-refractivity contribution in [2.45, 2.75) is 13.1 Å². The number of aromatic nitrogens is 1. The molecule has 1 aromatic heterocycles. The molecular weight excluding hydrogens is 538 g/mol. The summed E-state index contributed by atoms with van der Waals surface area (Å²) >= 11 is 12.7. The Morgan fingerprint density at radius 2 is 1.97 bits per heavy atom. The van der Waals surface area contributed by atoms with E-state index in [1.165, 1.54) is 13.2 Å². The van der Waals surface area contributed by atoms with Gasteiger partial charge in [-0.3, -0.25) is 9.59 Å². The summed E-state index contributed by atoms with van der Waals surface area (Å²) in [7, 11) is 1.45. The molecule has 0 aliphatic carbocycles. The zero-order valence-electron chi connectivity index (χ0n) is 20.4. The highest BCUT2D eigenvalue weighted by atomic mass is 35.5. The van der Waals surface area contributed by atoms with Crippen molar-refractivity contribution >= 4 is 46.4 Å². The molecule has 0 fully saturated rings. The van der Waals surface area contributed by atoms with Crippen LogP contribution < -0.4 is 20.1 Å². The average molecular weight is 561 g/mol. The van der Waals surface area contributed by atoms with E-state index in [2.05, 4.69) is 20.6 Å². The fourth-order valence-corrected chi connectivity index (χ4v) is 4.31. The number of hydrogen-bond acceptors (Lipinski definition) is 7. The Balaban J connectivity index is 1.74.